The molecule has 250 valence electrons. The minimum Gasteiger partial charge on any atom is -0.384 e. The fourth-order valence-electron chi connectivity index (χ4n) is 5.22. The van der Waals surface area contributed by atoms with E-state index in [9.17, 15) is 9.18 Å². The Morgan fingerprint density at radius 3 is 2.70 bits per heavy atom. The fraction of sp³-hybridized carbons (Fsp3) is 0.447. The number of rotatable bonds is 9. The van der Waals surface area contributed by atoms with Gasteiger partial charge in [0.15, 0.2) is 0 Å². The van der Waals surface area contributed by atoms with Gasteiger partial charge in [0, 0.05) is 38.5 Å². The number of likely N-dealkylation sites (tertiary alicyclic amines) is 1. The average molecular weight is 633 g/mol. The molecule has 3 heterocycles. The Morgan fingerprint density at radius 1 is 1.22 bits per heavy atom. The van der Waals surface area contributed by atoms with Gasteiger partial charge in [-0.2, -0.15) is 0 Å². The van der Waals surface area contributed by atoms with Crippen LogP contribution in [-0.4, -0.2) is 61.6 Å². The number of halogens is 1. The monoisotopic (exact) mass is 632 g/mol. The van der Waals surface area contributed by atoms with Gasteiger partial charge in [-0.05, 0) is 90.4 Å². The highest BCUT2D eigenvalue weighted by Gasteiger charge is 2.22. The third-order valence-electron chi connectivity index (χ3n) is 7.60. The van der Waals surface area contributed by atoms with Gasteiger partial charge >= 0.3 is 0 Å². The fourth-order valence-corrected chi connectivity index (χ4v) is 5.22. The molecule has 2 atom stereocenters. The molecule has 0 radical (unpaired) electrons. The highest BCUT2D eigenvalue weighted by Crippen LogP contribution is 2.28. The Morgan fingerprint density at radius 2 is 1.98 bits per heavy atom. The number of amidine groups is 1. The van der Waals surface area contributed by atoms with Crippen LogP contribution in [0.15, 0.2) is 66.3 Å². The van der Waals surface area contributed by atoms with Crippen molar-refractivity contribution in [3.63, 3.8) is 0 Å². The first-order valence-electron chi connectivity index (χ1n) is 16.4. The van der Waals surface area contributed by atoms with Crippen molar-refractivity contribution in [1.82, 2.24) is 15.2 Å². The predicted molar refractivity (Wildman–Crippen MR) is 190 cm³/mol. The van der Waals surface area contributed by atoms with Crippen LogP contribution in [0, 0.1) is 5.92 Å². The molecule has 46 heavy (non-hydrogen) atoms. The smallest absolute Gasteiger partial charge is 0.251 e. The number of nitrogens with zero attached hydrogens (tertiary/aromatic N) is 3. The van der Waals surface area contributed by atoms with Crippen LogP contribution in [0.1, 0.15) is 87.7 Å². The lowest BCUT2D eigenvalue weighted by Crippen LogP contribution is -2.39. The second-order valence-electron chi connectivity index (χ2n) is 10.8. The zero-order valence-corrected chi connectivity index (χ0v) is 28.9. The number of pyridine rings is 1. The van der Waals surface area contributed by atoms with Crippen LogP contribution >= 0.6 is 0 Å². The van der Waals surface area contributed by atoms with E-state index in [4.69, 9.17) is 14.5 Å². The molecule has 1 N–H and O–H groups in total. The summed E-state index contributed by atoms with van der Waals surface area (Å²) in [7, 11) is 1.75. The Kier molecular flexibility index (Phi) is 16.9. The first-order chi connectivity index (χ1) is 22.3. The second kappa shape index (κ2) is 20.3. The van der Waals surface area contributed by atoms with Crippen molar-refractivity contribution in [3.8, 4) is 0 Å². The number of allylic oxidation sites excluding steroid dienone is 2. The van der Waals surface area contributed by atoms with E-state index in [1.54, 1.807) is 31.5 Å². The normalized spacial score (nSPS) is 18.6. The number of benzene rings is 1. The highest BCUT2D eigenvalue weighted by molar-refractivity contribution is 5.94. The van der Waals surface area contributed by atoms with E-state index in [0.717, 1.165) is 59.4 Å². The number of carbonyl (C=O) groups is 1. The van der Waals surface area contributed by atoms with Crippen LogP contribution in [0.3, 0.4) is 0 Å². The van der Waals surface area contributed by atoms with Crippen LogP contribution < -0.4 is 15.9 Å². The summed E-state index contributed by atoms with van der Waals surface area (Å²) in [6, 6.07) is 8.96. The number of piperidine rings is 1. The quantitative estimate of drug-likeness (QED) is 0.193. The number of alkyl halides is 1. The van der Waals surface area contributed by atoms with E-state index in [0.29, 0.717) is 29.2 Å². The maximum absolute atomic E-state index is 14.2. The summed E-state index contributed by atoms with van der Waals surface area (Å²) >= 11 is 0. The Balaban J connectivity index is 0.00000177. The minimum atomic E-state index is -1.23. The van der Waals surface area contributed by atoms with Crippen LogP contribution in [0.5, 0.6) is 0 Å². The number of ether oxygens (including phenoxy) is 2. The molecule has 0 bridgehead atoms. The third-order valence-corrected chi connectivity index (χ3v) is 7.60. The molecular formula is C38H53FN4O3. The Hall–Kier alpha value is -3.88. The number of nitrogens with one attached hydrogen (secondary N) is 1. The lowest BCUT2D eigenvalue weighted by Gasteiger charge is -2.33. The van der Waals surface area contributed by atoms with Crippen molar-refractivity contribution in [2.24, 2.45) is 10.9 Å². The first-order valence-corrected chi connectivity index (χ1v) is 16.4. The van der Waals surface area contributed by atoms with Crippen LogP contribution in [0.4, 0.5) is 4.39 Å². The van der Waals surface area contributed by atoms with Crippen molar-refractivity contribution in [3.05, 3.63) is 94.3 Å². The van der Waals surface area contributed by atoms with Crippen molar-refractivity contribution >= 4 is 29.5 Å². The van der Waals surface area contributed by atoms with Crippen molar-refractivity contribution in [2.75, 3.05) is 40.0 Å². The van der Waals surface area contributed by atoms with E-state index in [1.165, 1.54) is 6.42 Å². The zero-order valence-electron chi connectivity index (χ0n) is 28.9. The van der Waals surface area contributed by atoms with E-state index in [1.807, 2.05) is 71.9 Å². The van der Waals surface area contributed by atoms with E-state index >= 15 is 0 Å². The number of methoxy groups -OCH3 is 1. The molecule has 1 aromatic heterocycles. The molecule has 1 aromatic carbocycles. The molecule has 7 nitrogen and oxygen atoms in total. The lowest BCUT2D eigenvalue weighted by molar-refractivity contribution is 0.0512. The summed E-state index contributed by atoms with van der Waals surface area (Å²) in [4.78, 5) is 24.5. The topological polar surface area (TPSA) is 76.0 Å². The van der Waals surface area contributed by atoms with E-state index < -0.39 is 6.17 Å². The number of amides is 1. The number of aromatic nitrogens is 1. The van der Waals surface area contributed by atoms with Gasteiger partial charge in [0.2, 0.25) is 0 Å². The molecule has 0 spiro atoms. The summed E-state index contributed by atoms with van der Waals surface area (Å²) in [6.07, 6.45) is 8.56. The van der Waals surface area contributed by atoms with Gasteiger partial charge in [-0.1, -0.05) is 59.1 Å². The number of carbonyl (C=O) groups excluding carboxylic acids is 1. The Labute approximate surface area is 275 Å². The summed E-state index contributed by atoms with van der Waals surface area (Å²) in [5, 5.41) is 4.55. The number of hydrogen-bond donors (Lipinski definition) is 1. The van der Waals surface area contributed by atoms with Gasteiger partial charge in [-0.25, -0.2) is 14.4 Å². The minimum absolute atomic E-state index is 0.00997. The maximum atomic E-state index is 14.2. The van der Waals surface area contributed by atoms with Gasteiger partial charge in [-0.15, -0.1) is 0 Å². The third kappa shape index (κ3) is 11.2. The summed E-state index contributed by atoms with van der Waals surface area (Å²) in [6.45, 7) is 23.6. The van der Waals surface area contributed by atoms with Crippen molar-refractivity contribution < 1.29 is 18.7 Å². The highest BCUT2D eigenvalue weighted by atomic mass is 19.1. The number of fused-ring (bicyclic) bond motifs is 1. The van der Waals surface area contributed by atoms with Gasteiger partial charge in [-0.3, -0.25) is 4.79 Å². The predicted octanol–water partition coefficient (Wildman–Crippen LogP) is 6.55. The SMILES string of the molecule is C=C(/C=c1/nc(C(=C)/C=C\N=C(C)N2CCCC(COC)C2)cc/c1=C/C)CNC(=O)c1ccc2c(c1)C(F)COC2.CC.CC. The summed E-state index contributed by atoms with van der Waals surface area (Å²) in [5.41, 5.74) is 3.84. The molecule has 2 aromatic rings. The molecule has 4 rings (SSSR count). The largest absolute Gasteiger partial charge is 0.384 e. The molecule has 2 aliphatic rings. The number of hydrogen-bond acceptors (Lipinski definition) is 5. The van der Waals surface area contributed by atoms with Gasteiger partial charge in [0.05, 0.1) is 30.9 Å². The van der Waals surface area contributed by atoms with Crippen LogP contribution in [0.2, 0.25) is 0 Å². The molecule has 0 saturated carbocycles. The average Bonchev–Trinajstić information content (AvgIpc) is 3.09. The lowest BCUT2D eigenvalue weighted by atomic mass is 9.99. The van der Waals surface area contributed by atoms with E-state index in [-0.39, 0.29) is 19.1 Å². The molecular weight excluding hydrogens is 579 g/mol. The molecule has 8 heteroatoms. The van der Waals surface area contributed by atoms with Crippen molar-refractivity contribution in [1.29, 1.82) is 0 Å². The molecule has 1 amide bonds. The molecule has 0 aliphatic carbocycles. The van der Waals surface area contributed by atoms with Gasteiger partial charge < -0.3 is 19.7 Å². The Bertz CT molecular complexity index is 1500. The molecule has 1 saturated heterocycles. The first kappa shape index (κ1) is 38.3. The van der Waals surface area contributed by atoms with Gasteiger partial charge in [0.25, 0.3) is 5.91 Å². The standard InChI is InChI=1S/C34H41FN4O3.2C2H6/c1-6-27-11-12-32(24(3)13-14-36-25(4)39-15-7-8-26(19-39)20-41-5)38-33(27)16-23(2)18-37-34(40)28-9-10-29-21-42-22-31(35)30(29)17-28;2*1-2/h6,9-14,16-17,26,31H,2-3,7-8,15,18-22H2,1,4-5H3,(H,37,40);2*1-2H3/b14-13-,27-6-,33-16+,36-25?;;. The van der Waals surface area contributed by atoms with Crippen LogP contribution in [-0.2, 0) is 16.1 Å². The second-order valence-corrected chi connectivity index (χ2v) is 10.8. The van der Waals surface area contributed by atoms with E-state index in [2.05, 4.69) is 28.4 Å². The zero-order chi connectivity index (χ0) is 34.1. The molecule has 1 fully saturated rings. The summed E-state index contributed by atoms with van der Waals surface area (Å²) < 4.78 is 24.8. The van der Waals surface area contributed by atoms with Gasteiger partial charge in [0.1, 0.15) is 12.0 Å². The molecule has 2 unspecified atom stereocenters. The maximum Gasteiger partial charge on any atom is 0.251 e. The summed E-state index contributed by atoms with van der Waals surface area (Å²) in [5.74, 6) is 1.22. The number of aliphatic imine (C=N–C) groups is 1. The van der Waals surface area contributed by atoms with Crippen LogP contribution in [0.25, 0.3) is 17.7 Å². The molecule has 2 aliphatic heterocycles. The van der Waals surface area contributed by atoms with Crippen molar-refractivity contribution in [2.45, 2.75) is 67.2 Å².